The van der Waals surface area contributed by atoms with Gasteiger partial charge < -0.3 is 6.16 Å². The van der Waals surface area contributed by atoms with Crippen molar-refractivity contribution in [2.75, 3.05) is 0 Å². The first kappa shape index (κ1) is 8.21. The molecular formula is C5H7NaO2. The molecule has 3 heteroatoms. The molecule has 2 nitrogen and oxygen atoms in total. The molecule has 0 saturated carbocycles. The van der Waals surface area contributed by atoms with Crippen LogP contribution in [-0.2, 0) is 9.53 Å². The third kappa shape index (κ3) is 3.24. The largest absolute Gasteiger partial charge is 1.00 e. The summed E-state index contributed by atoms with van der Waals surface area (Å²) in [5.74, 6) is 0.594. The van der Waals surface area contributed by atoms with Gasteiger partial charge in [-0.1, -0.05) is 0 Å². The molecule has 1 aliphatic rings. The van der Waals surface area contributed by atoms with Crippen LogP contribution in [0.5, 0.6) is 0 Å². The zero-order valence-corrected chi connectivity index (χ0v) is 7.10. The van der Waals surface area contributed by atoms with Gasteiger partial charge in [-0.2, -0.15) is 0 Å². The first-order valence-electron chi connectivity index (χ1n) is 2.16. The van der Waals surface area contributed by atoms with Crippen LogP contribution in [0.4, 0.5) is 0 Å². The fourth-order valence-corrected chi connectivity index (χ4v) is 0.310. The van der Waals surface area contributed by atoms with E-state index >= 15 is 0 Å². The van der Waals surface area contributed by atoms with Crippen LogP contribution < -0.4 is 29.6 Å². The molecule has 0 radical (unpaired) electrons. The molecule has 0 aliphatic heterocycles. The Kier molecular flexibility index (Phi) is 3.36. The Labute approximate surface area is 71.7 Å². The van der Waals surface area contributed by atoms with Gasteiger partial charge in [0.2, 0.25) is 0 Å². The summed E-state index contributed by atoms with van der Waals surface area (Å²) >= 11 is 0. The van der Waals surface area contributed by atoms with Crippen LogP contribution >= 0.6 is 0 Å². The first-order valence-corrected chi connectivity index (χ1v) is 2.16. The molecule has 0 saturated heterocycles. The van der Waals surface area contributed by atoms with Gasteiger partial charge in [0.25, 0.3) is 0 Å². The van der Waals surface area contributed by atoms with Crippen molar-refractivity contribution >= 4 is 5.97 Å². The van der Waals surface area contributed by atoms with E-state index in [9.17, 15) is 4.79 Å². The smallest absolute Gasteiger partial charge is 1.00 e. The maximum atomic E-state index is 10.0. The molecule has 0 atom stereocenters. The second kappa shape index (κ2) is 3.28. The maximum Gasteiger partial charge on any atom is 1.00 e. The number of hydrogen-bond acceptors (Lipinski definition) is 2. The number of rotatable bonds is 1. The summed E-state index contributed by atoms with van der Waals surface area (Å²) in [6, 6.07) is 0. The molecule has 0 aromatic rings. The molecule has 0 aromatic heterocycles. The summed E-state index contributed by atoms with van der Waals surface area (Å²) < 4.78 is 4.58. The molecule has 0 aromatic carbocycles. The van der Waals surface area contributed by atoms with Crippen molar-refractivity contribution in [3.63, 3.8) is 0 Å². The molecule has 1 rings (SSSR count). The minimum atomic E-state index is -0.219. The summed E-state index contributed by atoms with van der Waals surface area (Å²) in [6.45, 7) is 1.40. The number of esters is 1. The summed E-state index contributed by atoms with van der Waals surface area (Å²) in [5.41, 5.74) is 0. The Morgan fingerprint density at radius 3 is 2.62 bits per heavy atom. The van der Waals surface area contributed by atoms with E-state index in [2.05, 4.69) is 4.74 Å². The third-order valence-corrected chi connectivity index (χ3v) is 0.646. The van der Waals surface area contributed by atoms with Gasteiger partial charge in [-0.05, 0) is 6.08 Å². The van der Waals surface area contributed by atoms with Gasteiger partial charge in [0.15, 0.2) is 0 Å². The molecule has 0 fully saturated rings. The summed E-state index contributed by atoms with van der Waals surface area (Å²) in [6.07, 6.45) is 2.72. The molecule has 0 heterocycles. The van der Waals surface area contributed by atoms with Crippen LogP contribution in [0, 0.1) is 0 Å². The van der Waals surface area contributed by atoms with Crippen molar-refractivity contribution in [3.8, 4) is 0 Å². The monoisotopic (exact) mass is 122 g/mol. The van der Waals surface area contributed by atoms with Crippen molar-refractivity contribution in [1.29, 1.82) is 0 Å². The van der Waals surface area contributed by atoms with Crippen molar-refractivity contribution < 1.29 is 40.5 Å². The molecule has 0 bridgehead atoms. The van der Waals surface area contributed by atoms with E-state index in [1.807, 2.05) is 6.08 Å². The van der Waals surface area contributed by atoms with Crippen LogP contribution in [-0.4, -0.2) is 5.97 Å². The Balaban J connectivity index is 0. The van der Waals surface area contributed by atoms with Crippen molar-refractivity contribution in [2.24, 2.45) is 0 Å². The fraction of sp³-hybridized carbons (Fsp3) is 0.400. The maximum absolute atomic E-state index is 10.0. The van der Waals surface area contributed by atoms with E-state index < -0.39 is 0 Å². The zero-order chi connectivity index (χ0) is 5.28. The van der Waals surface area contributed by atoms with Gasteiger partial charge >= 0.3 is 35.5 Å². The predicted octanol–water partition coefficient (Wildman–Crippen LogP) is -2.05. The number of ether oxygens (including phenoxy) is 1. The molecule has 0 N–H and O–H groups in total. The average Bonchev–Trinajstić information content (AvgIpc) is 2.17. The fourth-order valence-electron chi connectivity index (χ4n) is 0.310. The molecule has 8 heavy (non-hydrogen) atoms. The van der Waals surface area contributed by atoms with E-state index in [-0.39, 0.29) is 37.0 Å². The van der Waals surface area contributed by atoms with Crippen LogP contribution in [0.15, 0.2) is 11.8 Å². The molecule has 40 valence electrons. The normalized spacial score (nSPS) is 13.4. The predicted molar refractivity (Wildman–Crippen MR) is 25.6 cm³/mol. The van der Waals surface area contributed by atoms with Crippen LogP contribution in [0.3, 0.4) is 0 Å². The Morgan fingerprint density at radius 2 is 2.50 bits per heavy atom. The molecule has 0 spiro atoms. The Morgan fingerprint density at radius 1 is 2.00 bits per heavy atom. The number of hydrogen-bond donors (Lipinski definition) is 0. The minimum Gasteiger partial charge on any atom is -1.00 e. The average molecular weight is 122 g/mol. The van der Waals surface area contributed by atoms with Gasteiger partial charge in [0.05, 0.1) is 0 Å². The number of carbonyl (C=O) groups excluding carboxylic acids is 1. The van der Waals surface area contributed by atoms with Crippen LogP contribution in [0.2, 0.25) is 0 Å². The van der Waals surface area contributed by atoms with E-state index in [4.69, 9.17) is 0 Å². The number of carbonyl (C=O) groups is 1. The molecule has 1 aliphatic carbocycles. The molecule has 0 amide bonds. The minimum absolute atomic E-state index is 0. The van der Waals surface area contributed by atoms with Crippen molar-refractivity contribution in [1.82, 2.24) is 0 Å². The standard InChI is InChI=1S/C5H6O2.Na.H/c1-4(6)7-5-2-3-5;;/h2H,3H2,1H3;;/q;+1;-1. The zero-order valence-electron chi connectivity index (χ0n) is 6.10. The van der Waals surface area contributed by atoms with Crippen molar-refractivity contribution in [2.45, 2.75) is 13.3 Å². The molecule has 0 unspecified atom stereocenters. The van der Waals surface area contributed by atoms with Gasteiger partial charge in [-0.3, -0.25) is 4.79 Å². The first-order chi connectivity index (χ1) is 3.29. The van der Waals surface area contributed by atoms with Gasteiger partial charge in [-0.25, -0.2) is 0 Å². The van der Waals surface area contributed by atoms with Crippen molar-refractivity contribution in [3.05, 3.63) is 11.8 Å². The third-order valence-electron chi connectivity index (χ3n) is 0.646. The number of allylic oxidation sites excluding steroid dienone is 2. The summed E-state index contributed by atoms with van der Waals surface area (Å²) in [5, 5.41) is 0. The second-order valence-electron chi connectivity index (χ2n) is 1.47. The Hall–Kier alpha value is 0.210. The van der Waals surface area contributed by atoms with E-state index in [0.29, 0.717) is 0 Å². The van der Waals surface area contributed by atoms with Gasteiger partial charge in [0, 0.05) is 13.3 Å². The van der Waals surface area contributed by atoms with E-state index in [1.165, 1.54) is 6.92 Å². The van der Waals surface area contributed by atoms with Crippen LogP contribution in [0.25, 0.3) is 0 Å². The van der Waals surface area contributed by atoms with Gasteiger partial charge in [-0.15, -0.1) is 0 Å². The second-order valence-corrected chi connectivity index (χ2v) is 1.47. The SMILES string of the molecule is CC(=O)OC1=CC1.[H-].[Na+]. The van der Waals surface area contributed by atoms with E-state index in [0.717, 1.165) is 12.2 Å². The summed E-state index contributed by atoms with van der Waals surface area (Å²) in [7, 11) is 0. The quantitative estimate of drug-likeness (QED) is 0.296. The Bertz CT molecular complexity index is 133. The summed E-state index contributed by atoms with van der Waals surface area (Å²) in [4.78, 5) is 10.0. The molecular weight excluding hydrogens is 115 g/mol. The van der Waals surface area contributed by atoms with Gasteiger partial charge in [0.1, 0.15) is 5.76 Å². The topological polar surface area (TPSA) is 26.3 Å². The van der Waals surface area contributed by atoms with E-state index in [1.54, 1.807) is 0 Å². The van der Waals surface area contributed by atoms with Crippen LogP contribution in [0.1, 0.15) is 14.8 Å².